The van der Waals surface area contributed by atoms with Crippen LogP contribution in [0.2, 0.25) is 0 Å². The summed E-state index contributed by atoms with van der Waals surface area (Å²) in [6.07, 6.45) is 5.40. The van der Waals surface area contributed by atoms with E-state index in [1.807, 2.05) is 12.1 Å². The minimum Gasteiger partial charge on any atom is -0.508 e. The topological polar surface area (TPSA) is 81.6 Å². The third kappa shape index (κ3) is 4.59. The lowest BCUT2D eigenvalue weighted by atomic mass is 10.1. The van der Waals surface area contributed by atoms with Gasteiger partial charge >= 0.3 is 6.03 Å². The first kappa shape index (κ1) is 17.0. The number of amides is 2. The molecule has 0 unspecified atom stereocenters. The number of carbonyl (C=O) groups is 1. The molecule has 1 atom stereocenters. The molecule has 1 aromatic heterocycles. The molecule has 2 N–H and O–H groups in total. The lowest BCUT2D eigenvalue weighted by Gasteiger charge is -2.34. The van der Waals surface area contributed by atoms with Gasteiger partial charge in [0.25, 0.3) is 0 Å². The van der Waals surface area contributed by atoms with E-state index >= 15 is 0 Å². The Kier molecular flexibility index (Phi) is 5.33. The van der Waals surface area contributed by atoms with Gasteiger partial charge < -0.3 is 20.2 Å². The summed E-state index contributed by atoms with van der Waals surface area (Å²) in [4.78, 5) is 24.8. The van der Waals surface area contributed by atoms with Crippen LogP contribution in [0.1, 0.15) is 18.4 Å². The smallest absolute Gasteiger partial charge is 0.317 e. The molecule has 0 saturated carbocycles. The number of nitrogens with zero attached hydrogens (tertiary/aromatic N) is 4. The molecule has 7 nitrogen and oxygen atoms in total. The zero-order valence-corrected chi connectivity index (χ0v) is 14.3. The predicted octanol–water partition coefficient (Wildman–Crippen LogP) is 1.99. The summed E-state index contributed by atoms with van der Waals surface area (Å²) < 4.78 is 0. The van der Waals surface area contributed by atoms with Crippen LogP contribution in [-0.4, -0.2) is 52.2 Å². The molecule has 2 amide bonds. The number of hydrogen-bond donors (Lipinski definition) is 2. The molecular formula is C18H23N5O2. The van der Waals surface area contributed by atoms with Gasteiger partial charge in [-0.15, -0.1) is 0 Å². The number of benzene rings is 1. The summed E-state index contributed by atoms with van der Waals surface area (Å²) in [5, 5.41) is 12.4. The van der Waals surface area contributed by atoms with Crippen molar-refractivity contribution >= 4 is 12.0 Å². The first-order chi connectivity index (χ1) is 12.1. The van der Waals surface area contributed by atoms with Crippen molar-refractivity contribution in [3.63, 3.8) is 0 Å². The van der Waals surface area contributed by atoms with E-state index in [1.54, 1.807) is 42.5 Å². The van der Waals surface area contributed by atoms with Crippen molar-refractivity contribution in [1.82, 2.24) is 20.2 Å². The van der Waals surface area contributed by atoms with Crippen LogP contribution in [0.25, 0.3) is 0 Å². The molecule has 0 spiro atoms. The highest BCUT2D eigenvalue weighted by molar-refractivity contribution is 5.74. The van der Waals surface area contributed by atoms with Crippen LogP contribution >= 0.6 is 0 Å². The Hall–Kier alpha value is -2.83. The number of piperidine rings is 1. The number of rotatable bonds is 4. The van der Waals surface area contributed by atoms with Crippen molar-refractivity contribution < 1.29 is 9.90 Å². The summed E-state index contributed by atoms with van der Waals surface area (Å²) in [5.41, 5.74) is 0.971. The zero-order valence-electron chi connectivity index (χ0n) is 14.3. The van der Waals surface area contributed by atoms with Crippen LogP contribution in [0, 0.1) is 0 Å². The van der Waals surface area contributed by atoms with Crippen LogP contribution in [0.4, 0.5) is 10.7 Å². The lowest BCUT2D eigenvalue weighted by molar-refractivity contribution is 0.200. The van der Waals surface area contributed by atoms with Gasteiger partial charge in [-0.1, -0.05) is 12.1 Å². The number of hydrogen-bond acceptors (Lipinski definition) is 5. The summed E-state index contributed by atoms with van der Waals surface area (Å²) in [6, 6.07) is 8.65. The molecule has 3 rings (SSSR count). The maximum absolute atomic E-state index is 12.4. The summed E-state index contributed by atoms with van der Waals surface area (Å²) >= 11 is 0. The Morgan fingerprint density at radius 1 is 1.32 bits per heavy atom. The number of phenolic OH excluding ortho intramolecular Hbond substituents is 1. The summed E-state index contributed by atoms with van der Waals surface area (Å²) in [6.45, 7) is 2.10. The highest BCUT2D eigenvalue weighted by Gasteiger charge is 2.24. The average Bonchev–Trinajstić information content (AvgIpc) is 2.64. The minimum absolute atomic E-state index is 0.0762. The number of phenols is 1. The second kappa shape index (κ2) is 7.83. The van der Waals surface area contributed by atoms with Crippen LogP contribution in [0.15, 0.2) is 42.7 Å². The molecule has 0 bridgehead atoms. The van der Waals surface area contributed by atoms with E-state index in [2.05, 4.69) is 20.2 Å². The van der Waals surface area contributed by atoms with Gasteiger partial charge in [-0.05, 0) is 36.6 Å². The van der Waals surface area contributed by atoms with Crippen molar-refractivity contribution in [1.29, 1.82) is 0 Å². The molecule has 1 aliphatic heterocycles. The van der Waals surface area contributed by atoms with Crippen molar-refractivity contribution in [3.05, 3.63) is 48.3 Å². The zero-order chi connectivity index (χ0) is 17.6. The minimum atomic E-state index is -0.103. The number of nitrogens with one attached hydrogen (secondary N) is 1. The highest BCUT2D eigenvalue weighted by Crippen LogP contribution is 2.16. The van der Waals surface area contributed by atoms with Crippen LogP contribution in [-0.2, 0) is 6.54 Å². The van der Waals surface area contributed by atoms with Gasteiger partial charge in [-0.2, -0.15) is 0 Å². The molecule has 132 valence electrons. The van der Waals surface area contributed by atoms with Crippen molar-refractivity contribution in [2.45, 2.75) is 25.4 Å². The van der Waals surface area contributed by atoms with Gasteiger partial charge in [0.05, 0.1) is 0 Å². The van der Waals surface area contributed by atoms with Crippen LogP contribution in [0.3, 0.4) is 0 Å². The Morgan fingerprint density at radius 2 is 2.04 bits per heavy atom. The monoisotopic (exact) mass is 341 g/mol. The fraction of sp³-hybridized carbons (Fsp3) is 0.389. The molecule has 2 aromatic rings. The molecule has 25 heavy (non-hydrogen) atoms. The lowest BCUT2D eigenvalue weighted by Crippen LogP contribution is -2.51. The van der Waals surface area contributed by atoms with Crippen LogP contribution < -0.4 is 10.2 Å². The van der Waals surface area contributed by atoms with Crippen molar-refractivity contribution in [3.8, 4) is 5.75 Å². The highest BCUT2D eigenvalue weighted by atomic mass is 16.3. The largest absolute Gasteiger partial charge is 0.508 e. The molecule has 2 heterocycles. The third-order valence-corrected chi connectivity index (χ3v) is 4.29. The Balaban J connectivity index is 1.54. The maximum Gasteiger partial charge on any atom is 0.317 e. The quantitative estimate of drug-likeness (QED) is 0.889. The first-order valence-electron chi connectivity index (χ1n) is 8.43. The normalized spacial score (nSPS) is 17.2. The second-order valence-corrected chi connectivity index (χ2v) is 6.31. The van der Waals surface area contributed by atoms with Crippen molar-refractivity contribution in [2.24, 2.45) is 0 Å². The van der Waals surface area contributed by atoms with E-state index in [0.29, 0.717) is 19.0 Å². The van der Waals surface area contributed by atoms with Gasteiger partial charge in [0.1, 0.15) is 5.75 Å². The Labute approximate surface area is 147 Å². The Bertz CT molecular complexity index is 692. The first-order valence-corrected chi connectivity index (χ1v) is 8.43. The van der Waals surface area contributed by atoms with E-state index in [0.717, 1.165) is 24.9 Å². The SMILES string of the molecule is CN(Cc1ccc(O)cc1)C(=O)N[C@H]1CCCN(c2ncccn2)C1. The maximum atomic E-state index is 12.4. The fourth-order valence-corrected chi connectivity index (χ4v) is 2.96. The standard InChI is InChI=1S/C18H23N5O2/c1-22(12-14-5-7-16(24)8-6-14)18(25)21-15-4-2-11-23(13-15)17-19-9-3-10-20-17/h3,5-10,15,24H,2,4,11-13H2,1H3,(H,21,25)/t15-/m0/s1. The molecule has 0 radical (unpaired) electrons. The van der Waals surface area contributed by atoms with Gasteiger partial charge in [0, 0.05) is 45.1 Å². The summed E-state index contributed by atoms with van der Waals surface area (Å²) in [5.74, 6) is 0.931. The average molecular weight is 341 g/mol. The third-order valence-electron chi connectivity index (χ3n) is 4.29. The molecule has 0 aliphatic carbocycles. The predicted molar refractivity (Wildman–Crippen MR) is 95.4 cm³/mol. The molecular weight excluding hydrogens is 318 g/mol. The summed E-state index contributed by atoms with van der Waals surface area (Å²) in [7, 11) is 1.77. The second-order valence-electron chi connectivity index (χ2n) is 6.31. The van der Waals surface area contributed by atoms with Gasteiger partial charge in [-0.25, -0.2) is 14.8 Å². The molecule has 1 aromatic carbocycles. The van der Waals surface area contributed by atoms with E-state index in [1.165, 1.54) is 0 Å². The van der Waals surface area contributed by atoms with Crippen molar-refractivity contribution in [2.75, 3.05) is 25.0 Å². The number of aromatic hydroxyl groups is 1. The van der Waals surface area contributed by atoms with E-state index < -0.39 is 0 Å². The van der Waals surface area contributed by atoms with E-state index in [9.17, 15) is 9.90 Å². The number of aromatic nitrogens is 2. The number of anilines is 1. The van der Waals surface area contributed by atoms with Gasteiger partial charge in [0.2, 0.25) is 5.95 Å². The van der Waals surface area contributed by atoms with E-state index in [-0.39, 0.29) is 17.8 Å². The Morgan fingerprint density at radius 3 is 2.76 bits per heavy atom. The van der Waals surface area contributed by atoms with E-state index in [4.69, 9.17) is 0 Å². The fourth-order valence-electron chi connectivity index (χ4n) is 2.96. The number of urea groups is 1. The van der Waals surface area contributed by atoms with Crippen LogP contribution in [0.5, 0.6) is 5.75 Å². The number of carbonyl (C=O) groups excluding carboxylic acids is 1. The molecule has 1 saturated heterocycles. The van der Waals surface area contributed by atoms with Gasteiger partial charge in [-0.3, -0.25) is 0 Å². The molecule has 1 fully saturated rings. The molecule has 7 heteroatoms. The van der Waals surface area contributed by atoms with Gasteiger partial charge in [0.15, 0.2) is 0 Å². The molecule has 1 aliphatic rings.